The molecule has 22 heavy (non-hydrogen) atoms. The standard InChI is InChI=1S/C15H14FN5O/c1-9-7-15(21-22-9)20-14-8-13(17-10(2)18-14)19-12-5-3-11(16)4-6-12/h3-8H,1-2H3,(H2,17,18,19,20,21). The normalized spacial score (nSPS) is 10.5. The van der Waals surface area contributed by atoms with Gasteiger partial charge in [0, 0.05) is 17.8 Å². The van der Waals surface area contributed by atoms with Gasteiger partial charge in [-0.2, -0.15) is 0 Å². The fourth-order valence-corrected chi connectivity index (χ4v) is 1.93. The zero-order valence-corrected chi connectivity index (χ0v) is 12.1. The van der Waals surface area contributed by atoms with Crippen molar-refractivity contribution in [3.8, 4) is 0 Å². The molecule has 2 N–H and O–H groups in total. The van der Waals surface area contributed by atoms with Gasteiger partial charge in [-0.1, -0.05) is 5.16 Å². The summed E-state index contributed by atoms with van der Waals surface area (Å²) in [6.07, 6.45) is 0. The van der Waals surface area contributed by atoms with Crippen LogP contribution in [0.15, 0.2) is 40.9 Å². The predicted molar refractivity (Wildman–Crippen MR) is 81.0 cm³/mol. The molecule has 0 aliphatic heterocycles. The van der Waals surface area contributed by atoms with E-state index in [2.05, 4.69) is 25.8 Å². The fraction of sp³-hybridized carbons (Fsp3) is 0.133. The van der Waals surface area contributed by atoms with Crippen molar-refractivity contribution in [2.24, 2.45) is 0 Å². The van der Waals surface area contributed by atoms with E-state index < -0.39 is 0 Å². The smallest absolute Gasteiger partial charge is 0.175 e. The highest BCUT2D eigenvalue weighted by molar-refractivity contribution is 5.61. The number of anilines is 4. The summed E-state index contributed by atoms with van der Waals surface area (Å²) < 4.78 is 17.9. The molecule has 7 heteroatoms. The Bertz CT molecular complexity index is 785. The molecule has 2 heterocycles. The summed E-state index contributed by atoms with van der Waals surface area (Å²) in [5, 5.41) is 10.0. The zero-order chi connectivity index (χ0) is 15.5. The number of benzene rings is 1. The number of hydrogen-bond acceptors (Lipinski definition) is 6. The van der Waals surface area contributed by atoms with E-state index in [1.54, 1.807) is 31.2 Å². The highest BCUT2D eigenvalue weighted by Crippen LogP contribution is 2.20. The second-order valence-corrected chi connectivity index (χ2v) is 4.77. The molecule has 3 rings (SSSR count). The molecule has 1 aromatic carbocycles. The number of halogens is 1. The molecule has 0 aliphatic rings. The van der Waals surface area contributed by atoms with Crippen molar-refractivity contribution in [3.63, 3.8) is 0 Å². The minimum absolute atomic E-state index is 0.284. The minimum atomic E-state index is -0.284. The van der Waals surface area contributed by atoms with Gasteiger partial charge < -0.3 is 15.2 Å². The Morgan fingerprint density at radius 1 is 0.909 bits per heavy atom. The van der Waals surface area contributed by atoms with Gasteiger partial charge in [-0.05, 0) is 38.1 Å². The van der Waals surface area contributed by atoms with Crippen LogP contribution in [0.1, 0.15) is 11.6 Å². The van der Waals surface area contributed by atoms with Crippen molar-refractivity contribution >= 4 is 23.1 Å². The zero-order valence-electron chi connectivity index (χ0n) is 12.1. The monoisotopic (exact) mass is 299 g/mol. The maximum atomic E-state index is 12.9. The third kappa shape index (κ3) is 3.38. The van der Waals surface area contributed by atoms with Gasteiger partial charge in [-0.3, -0.25) is 0 Å². The van der Waals surface area contributed by atoms with E-state index in [-0.39, 0.29) is 5.82 Å². The Hall–Kier alpha value is -2.96. The highest BCUT2D eigenvalue weighted by Gasteiger charge is 2.06. The van der Waals surface area contributed by atoms with Crippen LogP contribution < -0.4 is 10.6 Å². The van der Waals surface area contributed by atoms with Gasteiger partial charge in [0.2, 0.25) is 0 Å². The van der Waals surface area contributed by atoms with E-state index >= 15 is 0 Å². The molecule has 0 unspecified atom stereocenters. The van der Waals surface area contributed by atoms with E-state index in [4.69, 9.17) is 4.52 Å². The Labute approximate surface area is 126 Å². The second-order valence-electron chi connectivity index (χ2n) is 4.77. The van der Waals surface area contributed by atoms with Crippen LogP contribution in [-0.4, -0.2) is 15.1 Å². The molecule has 3 aromatic rings. The molecule has 0 saturated heterocycles. The number of aryl methyl sites for hydroxylation is 2. The molecule has 2 aromatic heterocycles. The summed E-state index contributed by atoms with van der Waals surface area (Å²) in [7, 11) is 0. The lowest BCUT2D eigenvalue weighted by molar-refractivity contribution is 0.400. The first-order valence-electron chi connectivity index (χ1n) is 6.67. The van der Waals surface area contributed by atoms with Gasteiger partial charge >= 0.3 is 0 Å². The van der Waals surface area contributed by atoms with Gasteiger partial charge in [-0.15, -0.1) is 0 Å². The largest absolute Gasteiger partial charge is 0.360 e. The second kappa shape index (κ2) is 5.80. The summed E-state index contributed by atoms with van der Waals surface area (Å²) in [6, 6.07) is 9.55. The molecule has 0 amide bonds. The quantitative estimate of drug-likeness (QED) is 0.765. The summed E-state index contributed by atoms with van der Waals surface area (Å²) in [5.41, 5.74) is 0.739. The Kier molecular flexibility index (Phi) is 3.69. The van der Waals surface area contributed by atoms with E-state index in [0.29, 0.717) is 29.0 Å². The molecule has 0 aliphatic carbocycles. The lowest BCUT2D eigenvalue weighted by Crippen LogP contribution is -2.01. The van der Waals surface area contributed by atoms with Crippen LogP contribution in [0.25, 0.3) is 0 Å². The summed E-state index contributed by atoms with van der Waals surface area (Å²) >= 11 is 0. The molecule has 6 nitrogen and oxygen atoms in total. The van der Waals surface area contributed by atoms with Crippen molar-refractivity contribution in [1.82, 2.24) is 15.1 Å². The first kappa shape index (κ1) is 14.0. The maximum absolute atomic E-state index is 12.9. The Morgan fingerprint density at radius 2 is 1.59 bits per heavy atom. The van der Waals surface area contributed by atoms with Crippen LogP contribution >= 0.6 is 0 Å². The van der Waals surface area contributed by atoms with Crippen LogP contribution in [-0.2, 0) is 0 Å². The Balaban J connectivity index is 1.81. The van der Waals surface area contributed by atoms with E-state index in [1.165, 1.54) is 12.1 Å². The molecule has 0 fully saturated rings. The van der Waals surface area contributed by atoms with E-state index in [0.717, 1.165) is 5.69 Å². The number of nitrogens with one attached hydrogen (secondary N) is 2. The van der Waals surface area contributed by atoms with Gasteiger partial charge in [-0.25, -0.2) is 14.4 Å². The summed E-state index contributed by atoms with van der Waals surface area (Å²) in [5.74, 6) is 2.77. The van der Waals surface area contributed by atoms with Crippen LogP contribution in [0.4, 0.5) is 27.5 Å². The van der Waals surface area contributed by atoms with Crippen LogP contribution in [0.5, 0.6) is 0 Å². The molecule has 0 atom stereocenters. The average molecular weight is 299 g/mol. The summed E-state index contributed by atoms with van der Waals surface area (Å²) in [6.45, 7) is 3.60. The lowest BCUT2D eigenvalue weighted by atomic mass is 10.3. The number of rotatable bonds is 4. The Morgan fingerprint density at radius 3 is 2.23 bits per heavy atom. The van der Waals surface area contributed by atoms with Crippen molar-refractivity contribution in [2.75, 3.05) is 10.6 Å². The highest BCUT2D eigenvalue weighted by atomic mass is 19.1. The van der Waals surface area contributed by atoms with Crippen LogP contribution in [0, 0.1) is 19.7 Å². The number of aromatic nitrogens is 3. The first-order valence-corrected chi connectivity index (χ1v) is 6.67. The average Bonchev–Trinajstić information content (AvgIpc) is 2.86. The van der Waals surface area contributed by atoms with Gasteiger partial charge in [0.15, 0.2) is 5.82 Å². The predicted octanol–water partition coefficient (Wildman–Crippen LogP) is 3.71. The fourth-order valence-electron chi connectivity index (χ4n) is 1.93. The third-order valence-electron chi connectivity index (χ3n) is 2.84. The van der Waals surface area contributed by atoms with Crippen LogP contribution in [0.2, 0.25) is 0 Å². The van der Waals surface area contributed by atoms with Crippen molar-refractivity contribution in [1.29, 1.82) is 0 Å². The molecular weight excluding hydrogens is 285 g/mol. The molecular formula is C15H14FN5O. The number of hydrogen-bond donors (Lipinski definition) is 2. The maximum Gasteiger partial charge on any atom is 0.175 e. The molecule has 0 radical (unpaired) electrons. The number of nitrogens with zero attached hydrogens (tertiary/aromatic N) is 3. The van der Waals surface area contributed by atoms with Gasteiger partial charge in [0.05, 0.1) is 0 Å². The van der Waals surface area contributed by atoms with Crippen molar-refractivity contribution < 1.29 is 8.91 Å². The van der Waals surface area contributed by atoms with Crippen molar-refractivity contribution in [3.05, 3.63) is 53.8 Å². The van der Waals surface area contributed by atoms with Crippen LogP contribution in [0.3, 0.4) is 0 Å². The summed E-state index contributed by atoms with van der Waals surface area (Å²) in [4.78, 5) is 8.59. The SMILES string of the molecule is Cc1nc(Nc2ccc(F)cc2)cc(Nc2cc(C)on2)n1. The minimum Gasteiger partial charge on any atom is -0.360 e. The van der Waals surface area contributed by atoms with Gasteiger partial charge in [0.25, 0.3) is 0 Å². The molecule has 0 bridgehead atoms. The molecule has 0 saturated carbocycles. The van der Waals surface area contributed by atoms with E-state index in [9.17, 15) is 4.39 Å². The topological polar surface area (TPSA) is 75.9 Å². The third-order valence-corrected chi connectivity index (χ3v) is 2.84. The first-order chi connectivity index (χ1) is 10.6. The van der Waals surface area contributed by atoms with Crippen molar-refractivity contribution in [2.45, 2.75) is 13.8 Å². The lowest BCUT2D eigenvalue weighted by Gasteiger charge is -2.08. The molecule has 0 spiro atoms. The molecule has 112 valence electrons. The van der Waals surface area contributed by atoms with Gasteiger partial charge in [0.1, 0.15) is 29.0 Å². The van der Waals surface area contributed by atoms with E-state index in [1.807, 2.05) is 6.92 Å².